The second-order valence-corrected chi connectivity index (χ2v) is 4.61. The highest BCUT2D eigenvalue weighted by Gasteiger charge is 2.10. The number of amides is 1. The molecule has 1 heterocycles. The fraction of sp³-hybridized carbons (Fsp3) is 0.545. The van der Waals surface area contributed by atoms with Gasteiger partial charge in [-0.2, -0.15) is 11.3 Å². The summed E-state index contributed by atoms with van der Waals surface area (Å²) in [5, 5.41) is 7.27. The first-order valence-electron chi connectivity index (χ1n) is 5.08. The lowest BCUT2D eigenvalue weighted by Gasteiger charge is -2.21. The van der Waals surface area contributed by atoms with Crippen LogP contribution < -0.4 is 5.32 Å². The van der Waals surface area contributed by atoms with Crippen LogP contribution in [0.5, 0.6) is 0 Å². The molecule has 1 aromatic heterocycles. The lowest BCUT2D eigenvalue weighted by Crippen LogP contribution is -2.39. The van der Waals surface area contributed by atoms with Crippen molar-refractivity contribution in [2.75, 3.05) is 13.6 Å². The molecule has 0 bridgehead atoms. The Morgan fingerprint density at radius 2 is 2.33 bits per heavy atom. The molecule has 84 valence electrons. The van der Waals surface area contributed by atoms with E-state index in [9.17, 15) is 4.79 Å². The molecule has 1 N–H and O–H groups in total. The Labute approximate surface area is 95.1 Å². The van der Waals surface area contributed by atoms with E-state index in [0.717, 1.165) is 6.54 Å². The average Bonchev–Trinajstić information content (AvgIpc) is 2.69. The third-order valence-electron chi connectivity index (χ3n) is 2.35. The molecule has 1 amide bonds. The summed E-state index contributed by atoms with van der Waals surface area (Å²) < 4.78 is 0. The number of nitrogens with one attached hydrogen (secondary N) is 1. The number of nitrogens with zero attached hydrogens (tertiary/aromatic N) is 1. The Morgan fingerprint density at radius 1 is 1.60 bits per heavy atom. The van der Waals surface area contributed by atoms with Gasteiger partial charge in [0.1, 0.15) is 0 Å². The Balaban J connectivity index is 2.23. The van der Waals surface area contributed by atoms with Crippen molar-refractivity contribution in [3.8, 4) is 0 Å². The van der Waals surface area contributed by atoms with E-state index in [1.165, 1.54) is 5.56 Å². The van der Waals surface area contributed by atoms with Crippen LogP contribution in [-0.2, 0) is 11.3 Å². The van der Waals surface area contributed by atoms with Crippen molar-refractivity contribution in [2.24, 2.45) is 0 Å². The molecule has 1 rings (SSSR count). The molecule has 3 nitrogen and oxygen atoms in total. The number of hydrogen-bond acceptors (Lipinski definition) is 3. The van der Waals surface area contributed by atoms with Crippen molar-refractivity contribution >= 4 is 17.2 Å². The number of likely N-dealkylation sites (N-methyl/N-ethyl adjacent to an activating group) is 1. The molecule has 15 heavy (non-hydrogen) atoms. The predicted octanol–water partition coefficient (Wildman–Crippen LogP) is 1.70. The van der Waals surface area contributed by atoms with E-state index in [4.69, 9.17) is 0 Å². The molecule has 0 fully saturated rings. The summed E-state index contributed by atoms with van der Waals surface area (Å²) in [5.74, 6) is 0.139. The van der Waals surface area contributed by atoms with Crippen LogP contribution in [0, 0.1) is 0 Å². The Kier molecular flexibility index (Phi) is 4.78. The van der Waals surface area contributed by atoms with Crippen LogP contribution in [0.15, 0.2) is 16.8 Å². The third kappa shape index (κ3) is 4.01. The molecule has 0 aromatic carbocycles. The van der Waals surface area contributed by atoms with Gasteiger partial charge in [0.15, 0.2) is 0 Å². The summed E-state index contributed by atoms with van der Waals surface area (Å²) in [5.41, 5.74) is 1.24. The fourth-order valence-corrected chi connectivity index (χ4v) is 1.79. The number of carbonyl (C=O) groups excluding carboxylic acids is 1. The van der Waals surface area contributed by atoms with Gasteiger partial charge in [-0.15, -0.1) is 0 Å². The van der Waals surface area contributed by atoms with Gasteiger partial charge >= 0.3 is 0 Å². The van der Waals surface area contributed by atoms with E-state index in [1.807, 2.05) is 26.3 Å². The summed E-state index contributed by atoms with van der Waals surface area (Å²) in [4.78, 5) is 13.3. The lowest BCUT2D eigenvalue weighted by molar-refractivity contribution is -0.130. The van der Waals surface area contributed by atoms with Crippen molar-refractivity contribution in [1.29, 1.82) is 0 Å². The van der Waals surface area contributed by atoms with Gasteiger partial charge in [-0.25, -0.2) is 0 Å². The zero-order chi connectivity index (χ0) is 11.3. The monoisotopic (exact) mass is 226 g/mol. The highest BCUT2D eigenvalue weighted by Crippen LogP contribution is 2.04. The Hall–Kier alpha value is -0.870. The van der Waals surface area contributed by atoms with Crippen molar-refractivity contribution in [3.63, 3.8) is 0 Å². The van der Waals surface area contributed by atoms with Crippen molar-refractivity contribution < 1.29 is 4.79 Å². The first kappa shape index (κ1) is 12.2. The van der Waals surface area contributed by atoms with Crippen LogP contribution in [0.25, 0.3) is 0 Å². The minimum atomic E-state index is 0.139. The van der Waals surface area contributed by atoms with Crippen molar-refractivity contribution in [3.05, 3.63) is 22.4 Å². The SMILES string of the molecule is CC(C)N(C)C(=O)CNCc1ccsc1. The van der Waals surface area contributed by atoms with Gasteiger partial charge in [-0.05, 0) is 36.2 Å². The topological polar surface area (TPSA) is 32.3 Å². The Morgan fingerprint density at radius 3 is 2.87 bits per heavy atom. The predicted molar refractivity (Wildman–Crippen MR) is 63.9 cm³/mol. The number of rotatable bonds is 5. The minimum absolute atomic E-state index is 0.139. The highest BCUT2D eigenvalue weighted by atomic mass is 32.1. The third-order valence-corrected chi connectivity index (χ3v) is 3.09. The molecular formula is C11H18N2OS. The van der Waals surface area contributed by atoms with Crippen LogP contribution in [0.4, 0.5) is 0 Å². The smallest absolute Gasteiger partial charge is 0.236 e. The van der Waals surface area contributed by atoms with E-state index in [0.29, 0.717) is 6.54 Å². The maximum absolute atomic E-state index is 11.6. The first-order valence-corrected chi connectivity index (χ1v) is 6.03. The van der Waals surface area contributed by atoms with Gasteiger partial charge in [0, 0.05) is 19.6 Å². The van der Waals surface area contributed by atoms with Crippen LogP contribution in [0.1, 0.15) is 19.4 Å². The largest absolute Gasteiger partial charge is 0.342 e. The van der Waals surface area contributed by atoms with E-state index < -0.39 is 0 Å². The maximum atomic E-state index is 11.6. The molecule has 0 saturated heterocycles. The lowest BCUT2D eigenvalue weighted by atomic mass is 10.3. The zero-order valence-corrected chi connectivity index (χ0v) is 10.3. The number of carbonyl (C=O) groups is 1. The molecule has 0 radical (unpaired) electrons. The molecular weight excluding hydrogens is 208 g/mol. The van der Waals surface area contributed by atoms with E-state index in [2.05, 4.69) is 16.8 Å². The van der Waals surface area contributed by atoms with E-state index >= 15 is 0 Å². The second kappa shape index (κ2) is 5.88. The molecule has 0 atom stereocenters. The van der Waals surface area contributed by atoms with Crippen molar-refractivity contribution in [2.45, 2.75) is 26.4 Å². The van der Waals surface area contributed by atoms with Gasteiger partial charge in [0.05, 0.1) is 6.54 Å². The van der Waals surface area contributed by atoms with Gasteiger partial charge in [-0.1, -0.05) is 0 Å². The first-order chi connectivity index (χ1) is 7.11. The van der Waals surface area contributed by atoms with Gasteiger partial charge in [-0.3, -0.25) is 4.79 Å². The molecule has 4 heteroatoms. The molecule has 0 aliphatic rings. The molecule has 0 unspecified atom stereocenters. The molecule has 0 aliphatic carbocycles. The molecule has 0 spiro atoms. The minimum Gasteiger partial charge on any atom is -0.342 e. The quantitative estimate of drug-likeness (QED) is 0.829. The summed E-state index contributed by atoms with van der Waals surface area (Å²) in [6, 6.07) is 2.33. The fourth-order valence-electron chi connectivity index (χ4n) is 1.12. The van der Waals surface area contributed by atoms with Gasteiger partial charge in [0.25, 0.3) is 0 Å². The van der Waals surface area contributed by atoms with Crippen LogP contribution in [0.2, 0.25) is 0 Å². The van der Waals surface area contributed by atoms with Gasteiger partial charge in [0.2, 0.25) is 5.91 Å². The van der Waals surface area contributed by atoms with Gasteiger partial charge < -0.3 is 10.2 Å². The van der Waals surface area contributed by atoms with E-state index in [-0.39, 0.29) is 11.9 Å². The number of thiophene rings is 1. The van der Waals surface area contributed by atoms with Crippen molar-refractivity contribution in [1.82, 2.24) is 10.2 Å². The van der Waals surface area contributed by atoms with Crippen LogP contribution >= 0.6 is 11.3 Å². The Bertz CT molecular complexity index is 296. The summed E-state index contributed by atoms with van der Waals surface area (Å²) in [6.45, 7) is 5.19. The summed E-state index contributed by atoms with van der Waals surface area (Å²) in [6.07, 6.45) is 0. The molecule has 1 aromatic rings. The van der Waals surface area contributed by atoms with E-state index in [1.54, 1.807) is 16.2 Å². The summed E-state index contributed by atoms with van der Waals surface area (Å²) in [7, 11) is 1.83. The molecule has 0 aliphatic heterocycles. The molecule has 0 saturated carbocycles. The summed E-state index contributed by atoms with van der Waals surface area (Å²) >= 11 is 1.67. The highest BCUT2D eigenvalue weighted by molar-refractivity contribution is 7.07. The van der Waals surface area contributed by atoms with Crippen LogP contribution in [0.3, 0.4) is 0 Å². The second-order valence-electron chi connectivity index (χ2n) is 3.83. The number of hydrogen-bond donors (Lipinski definition) is 1. The zero-order valence-electron chi connectivity index (χ0n) is 9.49. The standard InChI is InChI=1S/C11H18N2OS/c1-9(2)13(3)11(14)7-12-6-10-4-5-15-8-10/h4-5,8-9,12H,6-7H2,1-3H3. The van der Waals surface area contributed by atoms with Crippen LogP contribution in [-0.4, -0.2) is 30.4 Å². The maximum Gasteiger partial charge on any atom is 0.236 e. The normalized spacial score (nSPS) is 10.7. The average molecular weight is 226 g/mol.